The number of nitrogens with one attached hydrogen (secondary N) is 1. The Morgan fingerprint density at radius 3 is 2.43 bits per heavy atom. The molecule has 1 amide bonds. The summed E-state index contributed by atoms with van der Waals surface area (Å²) in [4.78, 5) is 55.9. The average molecular weight is 584 g/mol. The number of hydrogen-bond donors (Lipinski definition) is 1. The van der Waals surface area contributed by atoms with E-state index in [2.05, 4.69) is 9.88 Å². The van der Waals surface area contributed by atoms with Crippen LogP contribution in [0.2, 0.25) is 0 Å². The molecule has 1 unspecified atom stereocenters. The van der Waals surface area contributed by atoms with E-state index < -0.39 is 34.8 Å². The number of piperazine rings is 1. The van der Waals surface area contributed by atoms with Gasteiger partial charge in [0.15, 0.2) is 12.5 Å². The van der Waals surface area contributed by atoms with Crippen LogP contribution in [-0.2, 0) is 22.3 Å². The second-order valence-electron chi connectivity index (χ2n) is 9.86. The van der Waals surface area contributed by atoms with Gasteiger partial charge in [0, 0.05) is 51.7 Å². The zero-order valence-electron chi connectivity index (χ0n) is 22.6. The highest BCUT2D eigenvalue weighted by atomic mass is 19.4. The Hall–Kier alpha value is -4.49. The van der Waals surface area contributed by atoms with Crippen molar-refractivity contribution >= 4 is 23.2 Å². The fraction of sp³-hybridized carbons (Fsp3) is 0.310. The van der Waals surface area contributed by atoms with Crippen LogP contribution in [0.1, 0.15) is 34.6 Å². The van der Waals surface area contributed by atoms with E-state index in [-0.39, 0.29) is 35.4 Å². The molecule has 2 aromatic heterocycles. The van der Waals surface area contributed by atoms with E-state index in [4.69, 9.17) is 4.74 Å². The second-order valence-corrected chi connectivity index (χ2v) is 9.86. The number of fused-ring (bicyclic) bond motifs is 1. The molecule has 1 aliphatic rings. The van der Waals surface area contributed by atoms with Gasteiger partial charge in [0.2, 0.25) is 0 Å². The van der Waals surface area contributed by atoms with E-state index in [0.29, 0.717) is 32.2 Å². The molecule has 1 saturated heterocycles. The Morgan fingerprint density at radius 1 is 1.07 bits per heavy atom. The normalized spacial score (nSPS) is 15.2. The first-order chi connectivity index (χ1) is 20.1. The maximum Gasteiger partial charge on any atom is 0.418 e. The van der Waals surface area contributed by atoms with Gasteiger partial charge in [-0.25, -0.2) is 0 Å². The van der Waals surface area contributed by atoms with Gasteiger partial charge in [0.1, 0.15) is 0 Å². The molecule has 1 aliphatic heterocycles. The van der Waals surface area contributed by atoms with E-state index in [1.165, 1.54) is 24.0 Å². The smallest absolute Gasteiger partial charge is 0.351 e. The molecular weight excluding hydrogens is 555 g/mol. The van der Waals surface area contributed by atoms with Crippen molar-refractivity contribution in [1.82, 2.24) is 23.9 Å². The number of nitrogens with zero attached hydrogens (tertiary/aromatic N) is 4. The highest BCUT2D eigenvalue weighted by molar-refractivity contribution is 5.94. The topological polar surface area (TPSA) is 110 Å². The minimum Gasteiger partial charge on any atom is -0.351 e. The molecule has 5 rings (SSSR count). The maximum absolute atomic E-state index is 14.2. The molecule has 1 N–H and O–H groups in total. The predicted octanol–water partition coefficient (Wildman–Crippen LogP) is 3.19. The van der Waals surface area contributed by atoms with Crippen molar-refractivity contribution < 1.29 is 27.5 Å². The number of aldehydes is 1. The highest BCUT2D eigenvalue weighted by Crippen LogP contribution is 2.36. The van der Waals surface area contributed by atoms with Crippen LogP contribution in [0.4, 0.5) is 13.2 Å². The highest BCUT2D eigenvalue weighted by Gasteiger charge is 2.35. The lowest BCUT2D eigenvalue weighted by Crippen LogP contribution is -2.48. The van der Waals surface area contributed by atoms with Gasteiger partial charge < -0.3 is 19.2 Å². The predicted molar refractivity (Wildman–Crippen MR) is 148 cm³/mol. The lowest BCUT2D eigenvalue weighted by atomic mass is 10.1. The van der Waals surface area contributed by atoms with Crippen LogP contribution < -0.4 is 11.1 Å². The molecule has 1 fully saturated rings. The molecule has 220 valence electrons. The Balaban J connectivity index is 1.47. The monoisotopic (exact) mass is 583 g/mol. The van der Waals surface area contributed by atoms with Crippen molar-refractivity contribution in [3.63, 3.8) is 0 Å². The summed E-state index contributed by atoms with van der Waals surface area (Å²) in [6.45, 7) is 4.55. The van der Waals surface area contributed by atoms with Crippen molar-refractivity contribution in [2.45, 2.75) is 25.9 Å². The Morgan fingerprint density at radius 2 is 1.79 bits per heavy atom. The Bertz CT molecular complexity index is 1720. The maximum atomic E-state index is 14.2. The molecule has 0 aliphatic carbocycles. The minimum absolute atomic E-state index is 0.00121. The molecule has 0 radical (unpaired) electrons. The number of hydrogen-bond acceptors (Lipinski definition) is 6. The largest absolute Gasteiger partial charge is 0.418 e. The summed E-state index contributed by atoms with van der Waals surface area (Å²) in [7, 11) is 0. The number of carbonyl (C=O) groups excluding carboxylic acids is 2. The van der Waals surface area contributed by atoms with Gasteiger partial charge in [-0.05, 0) is 30.7 Å². The number of amides is 1. The number of benzene rings is 2. The van der Waals surface area contributed by atoms with Crippen molar-refractivity contribution in [2.75, 3.05) is 32.8 Å². The molecule has 2 aromatic carbocycles. The van der Waals surface area contributed by atoms with Crippen LogP contribution in [0, 0.1) is 0 Å². The van der Waals surface area contributed by atoms with E-state index >= 15 is 0 Å². The van der Waals surface area contributed by atoms with E-state index in [1.807, 2.05) is 30.3 Å². The summed E-state index contributed by atoms with van der Waals surface area (Å²) >= 11 is 0. The van der Waals surface area contributed by atoms with Crippen LogP contribution in [0.3, 0.4) is 0 Å². The molecule has 0 bridgehead atoms. The zero-order chi connectivity index (χ0) is 30.0. The van der Waals surface area contributed by atoms with Gasteiger partial charge in [-0.15, -0.1) is 0 Å². The lowest BCUT2D eigenvalue weighted by molar-refractivity contribution is -0.137. The number of aromatic amines is 1. The number of aromatic nitrogens is 3. The van der Waals surface area contributed by atoms with Crippen LogP contribution >= 0.6 is 0 Å². The summed E-state index contributed by atoms with van der Waals surface area (Å²) in [5.74, 6) is -0.318. The van der Waals surface area contributed by atoms with Crippen molar-refractivity contribution in [3.8, 4) is 5.69 Å². The van der Waals surface area contributed by atoms with Crippen LogP contribution in [0.15, 0.2) is 70.5 Å². The van der Waals surface area contributed by atoms with Crippen LogP contribution in [0.5, 0.6) is 0 Å². The second kappa shape index (κ2) is 11.8. The van der Waals surface area contributed by atoms with Gasteiger partial charge in [-0.1, -0.05) is 30.3 Å². The molecule has 0 saturated carbocycles. The number of carbonyl (C=O) groups is 2. The van der Waals surface area contributed by atoms with Gasteiger partial charge in [0.05, 0.1) is 27.8 Å². The van der Waals surface area contributed by atoms with E-state index in [9.17, 15) is 32.3 Å². The number of alkyl halides is 3. The average Bonchev–Trinajstić information content (AvgIpc) is 3.47. The first kappa shape index (κ1) is 29.0. The third kappa shape index (κ3) is 5.78. The Kier molecular flexibility index (Phi) is 8.14. The molecular formula is C29H28F3N5O5. The molecule has 0 spiro atoms. The van der Waals surface area contributed by atoms with Crippen molar-refractivity contribution in [1.29, 1.82) is 0 Å². The van der Waals surface area contributed by atoms with Crippen LogP contribution in [0.25, 0.3) is 16.7 Å². The molecule has 3 heterocycles. The minimum atomic E-state index is -4.85. The molecule has 42 heavy (non-hydrogen) atoms. The third-order valence-electron chi connectivity index (χ3n) is 7.18. The number of halogens is 3. The molecule has 1 atom stereocenters. The first-order valence-corrected chi connectivity index (χ1v) is 13.3. The Labute approximate surface area is 237 Å². The van der Waals surface area contributed by atoms with Gasteiger partial charge in [-0.3, -0.25) is 28.6 Å². The fourth-order valence-corrected chi connectivity index (χ4v) is 5.12. The van der Waals surface area contributed by atoms with E-state index in [0.717, 1.165) is 21.7 Å². The van der Waals surface area contributed by atoms with Crippen molar-refractivity contribution in [2.24, 2.45) is 0 Å². The SMILES string of the molecule is CCOC(C=O)n1c(=O)c(=O)[nH]c2cc(C(F)(F)F)c(-n3ccc(C(=O)N4CCN(Cc5ccccc5)CC4)c3)cc21. The molecule has 13 heteroatoms. The quantitative estimate of drug-likeness (QED) is 0.252. The number of H-pyrrole nitrogens is 1. The zero-order valence-corrected chi connectivity index (χ0v) is 22.6. The third-order valence-corrected chi connectivity index (χ3v) is 7.18. The summed E-state index contributed by atoms with van der Waals surface area (Å²) in [6, 6.07) is 13.1. The lowest BCUT2D eigenvalue weighted by Gasteiger charge is -2.34. The molecule has 10 nitrogen and oxygen atoms in total. The number of rotatable bonds is 8. The summed E-state index contributed by atoms with van der Waals surface area (Å²) < 4.78 is 49.7. The van der Waals surface area contributed by atoms with Crippen LogP contribution in [-0.4, -0.2) is 68.9 Å². The summed E-state index contributed by atoms with van der Waals surface area (Å²) in [5.41, 5.74) is -2.97. The standard InChI is InChI=1S/C29H28F3N5O5/c1-2-42-25(18-38)37-24-15-23(21(29(30,31)32)14-22(24)33-26(39)28(37)41)36-9-8-20(17-36)27(40)35-12-10-34(11-13-35)16-19-6-4-3-5-7-19/h3-9,14-15,17-18,25H,2,10-13,16H2,1H3,(H,33,39). The first-order valence-electron chi connectivity index (χ1n) is 13.3. The van der Waals surface area contributed by atoms with Gasteiger partial charge in [0.25, 0.3) is 5.91 Å². The summed E-state index contributed by atoms with van der Waals surface area (Å²) in [5, 5.41) is 0. The van der Waals surface area contributed by atoms with Gasteiger partial charge >= 0.3 is 17.3 Å². The van der Waals surface area contributed by atoms with Crippen molar-refractivity contribution in [3.05, 3.63) is 98.3 Å². The van der Waals surface area contributed by atoms with Gasteiger partial charge in [-0.2, -0.15) is 13.2 Å². The van der Waals surface area contributed by atoms with E-state index in [1.54, 1.807) is 11.8 Å². The summed E-state index contributed by atoms with van der Waals surface area (Å²) in [6.07, 6.45) is -3.48. The molecule has 4 aromatic rings. The fourth-order valence-electron chi connectivity index (χ4n) is 5.12. The number of ether oxygens (including phenoxy) is 1.